The van der Waals surface area contributed by atoms with Gasteiger partial charge in [-0.05, 0) is 49.4 Å². The highest BCUT2D eigenvalue weighted by atomic mass is 35.5. The normalized spacial score (nSPS) is 11.2. The Morgan fingerprint density at radius 3 is 2.29 bits per heavy atom. The summed E-state index contributed by atoms with van der Waals surface area (Å²) in [5.74, 6) is -0.823. The molecule has 110 valence electrons. The number of hydrogen-bond acceptors (Lipinski definition) is 4. The third-order valence-electron chi connectivity index (χ3n) is 2.65. The van der Waals surface area contributed by atoms with Crippen LogP contribution in [0.1, 0.15) is 17.3 Å². The van der Waals surface area contributed by atoms with Gasteiger partial charge in [0, 0.05) is 5.56 Å². The molecule has 0 heterocycles. The SMILES string of the molecule is CC(=O)c1ccc(OS(=O)(=O)c2ccc(F)c(Cl)c2)cc1. The van der Waals surface area contributed by atoms with Gasteiger partial charge in [0.25, 0.3) is 0 Å². The average molecular weight is 329 g/mol. The van der Waals surface area contributed by atoms with Crippen molar-refractivity contribution in [3.63, 3.8) is 0 Å². The molecule has 0 atom stereocenters. The molecule has 2 aromatic rings. The van der Waals surface area contributed by atoms with E-state index in [1.165, 1.54) is 31.2 Å². The maximum Gasteiger partial charge on any atom is 0.339 e. The van der Waals surface area contributed by atoms with E-state index >= 15 is 0 Å². The van der Waals surface area contributed by atoms with Gasteiger partial charge in [0.15, 0.2) is 5.78 Å². The summed E-state index contributed by atoms with van der Waals surface area (Å²) in [6.45, 7) is 1.40. The van der Waals surface area contributed by atoms with Crippen LogP contribution in [0.5, 0.6) is 5.75 Å². The van der Waals surface area contributed by atoms with Gasteiger partial charge < -0.3 is 4.18 Å². The summed E-state index contributed by atoms with van der Waals surface area (Å²) in [5, 5.41) is -0.313. The lowest BCUT2D eigenvalue weighted by Crippen LogP contribution is -2.10. The van der Waals surface area contributed by atoms with Crippen molar-refractivity contribution in [3.05, 3.63) is 58.9 Å². The van der Waals surface area contributed by atoms with E-state index < -0.39 is 15.9 Å². The third-order valence-corrected chi connectivity index (χ3v) is 4.18. The molecule has 2 rings (SSSR count). The topological polar surface area (TPSA) is 60.4 Å². The lowest BCUT2D eigenvalue weighted by molar-refractivity contribution is 0.101. The predicted octanol–water partition coefficient (Wildman–Crippen LogP) is 3.45. The lowest BCUT2D eigenvalue weighted by atomic mass is 10.1. The molecule has 0 aliphatic carbocycles. The molecule has 7 heteroatoms. The summed E-state index contributed by atoms with van der Waals surface area (Å²) in [7, 11) is -4.12. The average Bonchev–Trinajstić information content (AvgIpc) is 2.42. The zero-order valence-electron chi connectivity index (χ0n) is 10.8. The second kappa shape index (κ2) is 5.83. The summed E-state index contributed by atoms with van der Waals surface area (Å²) in [4.78, 5) is 10.9. The summed E-state index contributed by atoms with van der Waals surface area (Å²) >= 11 is 5.55. The van der Waals surface area contributed by atoms with Crippen molar-refractivity contribution in [2.75, 3.05) is 0 Å². The van der Waals surface area contributed by atoms with Crippen LogP contribution in [0.2, 0.25) is 5.02 Å². The number of ketones is 1. The molecular formula is C14H10ClFO4S. The highest BCUT2D eigenvalue weighted by molar-refractivity contribution is 7.87. The number of carbonyl (C=O) groups excluding carboxylic acids is 1. The quantitative estimate of drug-likeness (QED) is 0.637. The van der Waals surface area contributed by atoms with Crippen LogP contribution in [-0.4, -0.2) is 14.2 Å². The molecule has 2 aromatic carbocycles. The molecule has 0 fully saturated rings. The highest BCUT2D eigenvalue weighted by Crippen LogP contribution is 2.23. The second-order valence-corrected chi connectivity index (χ2v) is 6.15. The molecule has 0 aliphatic heterocycles. The van der Waals surface area contributed by atoms with Gasteiger partial charge in [0.1, 0.15) is 16.5 Å². The number of hydrogen-bond donors (Lipinski definition) is 0. The first-order valence-corrected chi connectivity index (χ1v) is 7.59. The molecule has 0 aliphatic rings. The van der Waals surface area contributed by atoms with Crippen molar-refractivity contribution in [1.29, 1.82) is 0 Å². The van der Waals surface area contributed by atoms with Crippen molar-refractivity contribution in [2.24, 2.45) is 0 Å². The summed E-state index contributed by atoms with van der Waals surface area (Å²) < 4.78 is 42.0. The summed E-state index contributed by atoms with van der Waals surface area (Å²) in [5.41, 5.74) is 0.435. The van der Waals surface area contributed by atoms with E-state index in [0.717, 1.165) is 18.2 Å². The molecule has 0 saturated carbocycles. The maximum absolute atomic E-state index is 13.0. The Balaban J connectivity index is 2.28. The number of Topliss-reactive ketones (excluding diaryl/α,β-unsaturated/α-hetero) is 1. The molecule has 0 spiro atoms. The number of carbonyl (C=O) groups is 1. The number of benzene rings is 2. The summed E-state index contributed by atoms with van der Waals surface area (Å²) in [6.07, 6.45) is 0. The summed E-state index contributed by atoms with van der Waals surface area (Å²) in [6, 6.07) is 8.59. The van der Waals surface area contributed by atoms with E-state index in [9.17, 15) is 17.6 Å². The van der Waals surface area contributed by atoms with Crippen molar-refractivity contribution in [1.82, 2.24) is 0 Å². The Bertz CT molecular complexity index is 785. The zero-order valence-corrected chi connectivity index (χ0v) is 12.4. The maximum atomic E-state index is 13.0. The van der Waals surface area contributed by atoms with Crippen LogP contribution < -0.4 is 4.18 Å². The lowest BCUT2D eigenvalue weighted by Gasteiger charge is -2.08. The van der Waals surface area contributed by atoms with Crippen LogP contribution in [0.15, 0.2) is 47.4 Å². The molecule has 0 amide bonds. The van der Waals surface area contributed by atoms with Gasteiger partial charge in [-0.2, -0.15) is 8.42 Å². The smallest absolute Gasteiger partial charge is 0.339 e. The molecular weight excluding hydrogens is 319 g/mol. The van der Waals surface area contributed by atoms with Gasteiger partial charge >= 0.3 is 10.1 Å². The Hall–Kier alpha value is -1.92. The third kappa shape index (κ3) is 3.59. The predicted molar refractivity (Wildman–Crippen MR) is 75.7 cm³/mol. The minimum atomic E-state index is -4.12. The fraction of sp³-hybridized carbons (Fsp3) is 0.0714. The van der Waals surface area contributed by atoms with Crippen LogP contribution in [0.25, 0.3) is 0 Å². The minimum Gasteiger partial charge on any atom is -0.379 e. The minimum absolute atomic E-state index is 0.0421. The number of rotatable bonds is 4. The van der Waals surface area contributed by atoms with Gasteiger partial charge in [-0.15, -0.1) is 0 Å². The molecule has 21 heavy (non-hydrogen) atoms. The van der Waals surface area contributed by atoms with Gasteiger partial charge in [-0.1, -0.05) is 11.6 Å². The van der Waals surface area contributed by atoms with Crippen LogP contribution in [0, 0.1) is 5.82 Å². The first kappa shape index (κ1) is 15.5. The van der Waals surface area contributed by atoms with Gasteiger partial charge in [0.2, 0.25) is 0 Å². The van der Waals surface area contributed by atoms with Gasteiger partial charge in [-0.25, -0.2) is 4.39 Å². The van der Waals surface area contributed by atoms with E-state index in [1.807, 2.05) is 0 Å². The van der Waals surface area contributed by atoms with Crippen LogP contribution in [0.4, 0.5) is 4.39 Å². The van der Waals surface area contributed by atoms with E-state index in [4.69, 9.17) is 15.8 Å². The fourth-order valence-corrected chi connectivity index (χ4v) is 2.76. The Morgan fingerprint density at radius 2 is 1.76 bits per heavy atom. The molecule has 0 radical (unpaired) electrons. The fourth-order valence-electron chi connectivity index (χ4n) is 1.55. The first-order valence-electron chi connectivity index (χ1n) is 5.80. The van der Waals surface area contributed by atoms with Crippen molar-refractivity contribution in [3.8, 4) is 5.75 Å². The molecule has 0 unspecified atom stereocenters. The molecule has 0 saturated heterocycles. The Morgan fingerprint density at radius 1 is 1.14 bits per heavy atom. The highest BCUT2D eigenvalue weighted by Gasteiger charge is 2.18. The van der Waals surface area contributed by atoms with E-state index in [0.29, 0.717) is 5.56 Å². The monoisotopic (exact) mass is 328 g/mol. The van der Waals surface area contributed by atoms with Crippen molar-refractivity contribution in [2.45, 2.75) is 11.8 Å². The van der Waals surface area contributed by atoms with Crippen molar-refractivity contribution >= 4 is 27.5 Å². The number of halogens is 2. The van der Waals surface area contributed by atoms with Gasteiger partial charge in [-0.3, -0.25) is 4.79 Å². The van der Waals surface area contributed by atoms with Crippen LogP contribution in [0.3, 0.4) is 0 Å². The molecule has 0 N–H and O–H groups in total. The first-order chi connectivity index (χ1) is 9.79. The Labute approximate surface area is 126 Å². The molecule has 0 bridgehead atoms. The van der Waals surface area contributed by atoms with E-state index in [2.05, 4.69) is 0 Å². The zero-order chi connectivity index (χ0) is 15.6. The van der Waals surface area contributed by atoms with Crippen LogP contribution in [-0.2, 0) is 10.1 Å². The van der Waals surface area contributed by atoms with Crippen LogP contribution >= 0.6 is 11.6 Å². The molecule has 0 aromatic heterocycles. The largest absolute Gasteiger partial charge is 0.379 e. The van der Waals surface area contributed by atoms with Gasteiger partial charge in [0.05, 0.1) is 5.02 Å². The van der Waals surface area contributed by atoms with E-state index in [1.54, 1.807) is 0 Å². The van der Waals surface area contributed by atoms with E-state index in [-0.39, 0.29) is 21.5 Å². The Kier molecular flexibility index (Phi) is 4.29. The van der Waals surface area contributed by atoms with Crippen molar-refractivity contribution < 1.29 is 21.8 Å². The standard InChI is InChI=1S/C14H10ClFO4S/c1-9(17)10-2-4-11(5-3-10)20-21(18,19)12-6-7-14(16)13(15)8-12/h2-8H,1H3. The molecule has 4 nitrogen and oxygen atoms in total. The second-order valence-electron chi connectivity index (χ2n) is 4.19.